The summed E-state index contributed by atoms with van der Waals surface area (Å²) in [5, 5.41) is 14.1. The van der Waals surface area contributed by atoms with Crippen molar-refractivity contribution >= 4 is 11.7 Å². The van der Waals surface area contributed by atoms with E-state index in [1.165, 1.54) is 0 Å². The molecule has 2 N–H and O–H groups in total. The lowest BCUT2D eigenvalue weighted by atomic mass is 10.0. The molecule has 5 heteroatoms. The molecule has 5 nitrogen and oxygen atoms in total. The predicted octanol–water partition coefficient (Wildman–Crippen LogP) is 3.20. The van der Waals surface area contributed by atoms with E-state index in [0.717, 1.165) is 16.8 Å². The van der Waals surface area contributed by atoms with Crippen LogP contribution in [-0.4, -0.2) is 17.2 Å². The smallest absolute Gasteiger partial charge is 0.320 e. The number of hydrogen-bond acceptors (Lipinski definition) is 5. The number of anilines is 2. The van der Waals surface area contributed by atoms with Gasteiger partial charge in [-0.05, 0) is 18.7 Å². The summed E-state index contributed by atoms with van der Waals surface area (Å²) < 4.78 is 5.52. The highest BCUT2D eigenvalue weighted by atomic mass is 16.4. The third kappa shape index (κ3) is 3.09. The van der Waals surface area contributed by atoms with Crippen molar-refractivity contribution in [2.75, 3.05) is 12.4 Å². The second-order valence-electron chi connectivity index (χ2n) is 4.57. The molecule has 0 amide bonds. The van der Waals surface area contributed by atoms with Gasteiger partial charge in [0.25, 0.3) is 0 Å². The Morgan fingerprint density at radius 2 is 1.71 bits per heavy atom. The van der Waals surface area contributed by atoms with E-state index >= 15 is 0 Å². The molecule has 0 aliphatic heterocycles. The van der Waals surface area contributed by atoms with Crippen molar-refractivity contribution < 1.29 is 4.42 Å². The van der Waals surface area contributed by atoms with E-state index in [2.05, 4.69) is 39.0 Å². The van der Waals surface area contributed by atoms with Gasteiger partial charge in [-0.15, -0.1) is 5.10 Å². The number of aromatic nitrogens is 2. The third-order valence-electron chi connectivity index (χ3n) is 3.05. The molecule has 0 saturated carbocycles. The van der Waals surface area contributed by atoms with E-state index < -0.39 is 0 Å². The Hall–Kier alpha value is -2.66. The number of hydrogen-bond donors (Lipinski definition) is 2. The van der Waals surface area contributed by atoms with E-state index in [4.69, 9.17) is 4.42 Å². The second-order valence-corrected chi connectivity index (χ2v) is 4.57. The van der Waals surface area contributed by atoms with E-state index in [9.17, 15) is 0 Å². The molecule has 0 spiro atoms. The summed E-state index contributed by atoms with van der Waals surface area (Å²) in [6, 6.07) is 18.6. The maximum Gasteiger partial charge on any atom is 0.320 e. The molecule has 0 bridgehead atoms. The summed E-state index contributed by atoms with van der Waals surface area (Å²) in [4.78, 5) is 0. The van der Waals surface area contributed by atoms with Gasteiger partial charge >= 0.3 is 6.01 Å². The Labute approximate surface area is 123 Å². The minimum atomic E-state index is 0.392. The summed E-state index contributed by atoms with van der Waals surface area (Å²) in [7, 11) is 1.84. The van der Waals surface area contributed by atoms with Crippen molar-refractivity contribution in [1.82, 2.24) is 15.5 Å². The fraction of sp³-hybridized carbons (Fsp3) is 0.125. The van der Waals surface area contributed by atoms with Gasteiger partial charge in [-0.1, -0.05) is 53.6 Å². The van der Waals surface area contributed by atoms with Crippen molar-refractivity contribution in [3.63, 3.8) is 0 Å². The molecule has 0 fully saturated rings. The Kier molecular flexibility index (Phi) is 3.93. The van der Waals surface area contributed by atoms with Crippen molar-refractivity contribution in [2.24, 2.45) is 0 Å². The van der Waals surface area contributed by atoms with Crippen molar-refractivity contribution in [2.45, 2.75) is 6.54 Å². The minimum absolute atomic E-state index is 0.392. The van der Waals surface area contributed by atoms with Crippen LogP contribution in [0.2, 0.25) is 0 Å². The lowest BCUT2D eigenvalue weighted by Crippen LogP contribution is -2.04. The van der Waals surface area contributed by atoms with Gasteiger partial charge in [-0.3, -0.25) is 0 Å². The van der Waals surface area contributed by atoms with Crippen LogP contribution >= 0.6 is 0 Å². The Morgan fingerprint density at radius 3 is 2.52 bits per heavy atom. The predicted molar refractivity (Wildman–Crippen MR) is 82.2 cm³/mol. The normalized spacial score (nSPS) is 10.5. The third-order valence-corrected chi connectivity index (χ3v) is 3.05. The first kappa shape index (κ1) is 13.3. The second kappa shape index (κ2) is 6.19. The summed E-state index contributed by atoms with van der Waals surface area (Å²) in [6.45, 7) is 0.551. The quantitative estimate of drug-likeness (QED) is 0.751. The number of para-hydroxylation sites is 1. The SMILES string of the molecule is CNCc1nnc(Nc2ccccc2-c2ccccc2)o1. The molecule has 106 valence electrons. The van der Waals surface area contributed by atoms with Gasteiger partial charge in [-0.25, -0.2) is 0 Å². The zero-order chi connectivity index (χ0) is 14.5. The van der Waals surface area contributed by atoms with E-state index in [1.807, 2.05) is 43.4 Å². The Balaban J connectivity index is 1.88. The lowest BCUT2D eigenvalue weighted by molar-refractivity contribution is 0.493. The molecule has 3 aromatic rings. The van der Waals surface area contributed by atoms with Crippen molar-refractivity contribution in [1.29, 1.82) is 0 Å². The number of nitrogens with one attached hydrogen (secondary N) is 2. The highest BCUT2D eigenvalue weighted by Gasteiger charge is 2.09. The Bertz CT molecular complexity index is 709. The number of benzene rings is 2. The molecule has 0 radical (unpaired) electrons. The van der Waals surface area contributed by atoms with E-state index in [1.54, 1.807) is 0 Å². The molecule has 0 aliphatic rings. The van der Waals surface area contributed by atoms with Crippen LogP contribution in [0.1, 0.15) is 5.89 Å². The summed E-state index contributed by atoms with van der Waals surface area (Å²) in [6.07, 6.45) is 0. The van der Waals surface area contributed by atoms with Gasteiger partial charge in [0, 0.05) is 5.56 Å². The van der Waals surface area contributed by atoms with Crippen LogP contribution in [0.4, 0.5) is 11.7 Å². The van der Waals surface area contributed by atoms with Crippen LogP contribution in [0.5, 0.6) is 0 Å². The van der Waals surface area contributed by atoms with Crippen LogP contribution in [0.3, 0.4) is 0 Å². The van der Waals surface area contributed by atoms with Crippen LogP contribution in [0.25, 0.3) is 11.1 Å². The fourth-order valence-electron chi connectivity index (χ4n) is 2.10. The van der Waals surface area contributed by atoms with Crippen LogP contribution in [0, 0.1) is 0 Å². The molecule has 0 saturated heterocycles. The van der Waals surface area contributed by atoms with Gasteiger partial charge in [-0.2, -0.15) is 0 Å². The molecule has 21 heavy (non-hydrogen) atoms. The van der Waals surface area contributed by atoms with Crippen molar-refractivity contribution in [3.05, 3.63) is 60.5 Å². The highest BCUT2D eigenvalue weighted by Crippen LogP contribution is 2.29. The van der Waals surface area contributed by atoms with Crippen LogP contribution in [-0.2, 0) is 6.54 Å². The van der Waals surface area contributed by atoms with Crippen LogP contribution in [0.15, 0.2) is 59.0 Å². The van der Waals surface area contributed by atoms with E-state index in [0.29, 0.717) is 18.5 Å². The first-order valence-corrected chi connectivity index (χ1v) is 6.75. The molecule has 2 aromatic carbocycles. The zero-order valence-corrected chi connectivity index (χ0v) is 11.7. The maximum absolute atomic E-state index is 5.52. The largest absolute Gasteiger partial charge is 0.406 e. The summed E-state index contributed by atoms with van der Waals surface area (Å²) in [5.41, 5.74) is 3.16. The number of rotatable bonds is 5. The van der Waals surface area contributed by atoms with Gasteiger partial charge in [0.05, 0.1) is 12.2 Å². The topological polar surface area (TPSA) is 63.0 Å². The standard InChI is InChI=1S/C16H16N4O/c1-17-11-15-19-20-16(21-15)18-14-10-6-5-9-13(14)12-7-3-2-4-8-12/h2-10,17H,11H2,1H3,(H,18,20). The highest BCUT2D eigenvalue weighted by molar-refractivity contribution is 5.79. The molecule has 0 aliphatic carbocycles. The molecule has 1 heterocycles. The fourth-order valence-corrected chi connectivity index (χ4v) is 2.10. The van der Waals surface area contributed by atoms with Gasteiger partial charge in [0.15, 0.2) is 0 Å². The first-order valence-electron chi connectivity index (χ1n) is 6.75. The summed E-state index contributed by atoms with van der Waals surface area (Å²) >= 11 is 0. The number of nitrogens with zero attached hydrogens (tertiary/aromatic N) is 2. The first-order chi connectivity index (χ1) is 10.4. The lowest BCUT2D eigenvalue weighted by Gasteiger charge is -2.09. The average molecular weight is 280 g/mol. The zero-order valence-electron chi connectivity index (χ0n) is 11.7. The average Bonchev–Trinajstić information content (AvgIpc) is 2.96. The van der Waals surface area contributed by atoms with Crippen molar-refractivity contribution in [3.8, 4) is 11.1 Å². The monoisotopic (exact) mass is 280 g/mol. The van der Waals surface area contributed by atoms with E-state index in [-0.39, 0.29) is 0 Å². The molecule has 0 atom stereocenters. The molecule has 3 rings (SSSR count). The van der Waals surface area contributed by atoms with Gasteiger partial charge in [0.2, 0.25) is 5.89 Å². The maximum atomic E-state index is 5.52. The molecule has 1 aromatic heterocycles. The van der Waals surface area contributed by atoms with Gasteiger partial charge < -0.3 is 15.1 Å². The van der Waals surface area contributed by atoms with Gasteiger partial charge in [0.1, 0.15) is 0 Å². The summed E-state index contributed by atoms with van der Waals surface area (Å²) in [5.74, 6) is 0.553. The molecular formula is C16H16N4O. The Morgan fingerprint density at radius 1 is 0.952 bits per heavy atom. The van der Waals surface area contributed by atoms with Crippen LogP contribution < -0.4 is 10.6 Å². The minimum Gasteiger partial charge on any atom is -0.406 e. The molecule has 0 unspecified atom stereocenters. The molecular weight excluding hydrogens is 264 g/mol.